The maximum absolute atomic E-state index is 12.2. The lowest BCUT2D eigenvalue weighted by Crippen LogP contribution is -2.29. The molecule has 0 radical (unpaired) electrons. The molecule has 0 atom stereocenters. The Hall–Kier alpha value is -3.14. The van der Waals surface area contributed by atoms with Crippen LogP contribution in [0.5, 0.6) is 11.5 Å². The van der Waals surface area contributed by atoms with Crippen LogP contribution in [-0.4, -0.2) is 62.4 Å². The van der Waals surface area contributed by atoms with Gasteiger partial charge in [-0.1, -0.05) is 51.0 Å². The summed E-state index contributed by atoms with van der Waals surface area (Å²) in [7, 11) is 0. The summed E-state index contributed by atoms with van der Waals surface area (Å²) in [5.41, 5.74) is 1.07. The number of amides is 2. The number of ether oxygens (including phenoxy) is 2. The number of hydrogen-bond donors (Lipinski definition) is 5. The Morgan fingerprint density at radius 2 is 1.17 bits per heavy atom. The smallest absolute Gasteiger partial charge is 0.238 e. The number of para-hydroxylation sites is 4. The minimum absolute atomic E-state index is 0.0302. The highest BCUT2D eigenvalue weighted by molar-refractivity contribution is 5.94. The van der Waals surface area contributed by atoms with Crippen molar-refractivity contribution in [2.75, 3.05) is 50.0 Å². The average Bonchev–Trinajstić information content (AvgIpc) is 2.88. The third kappa shape index (κ3) is 11.5. The van der Waals surface area contributed by atoms with Crippen LogP contribution in [0.1, 0.15) is 39.5 Å². The molecule has 0 bridgehead atoms. The molecule has 0 saturated heterocycles. The number of nitrogens with one attached hydrogen (secondary N) is 4. The van der Waals surface area contributed by atoms with Crippen LogP contribution in [0.25, 0.3) is 0 Å². The Bertz CT molecular complexity index is 851. The van der Waals surface area contributed by atoms with E-state index in [0.29, 0.717) is 22.9 Å². The Morgan fingerprint density at radius 3 is 1.58 bits per heavy atom. The number of anilines is 2. The van der Waals surface area contributed by atoms with Crippen LogP contribution in [0.3, 0.4) is 0 Å². The highest BCUT2D eigenvalue weighted by Gasteiger charge is 2.13. The normalized spacial score (nSPS) is 10.8. The fourth-order valence-electron chi connectivity index (χ4n) is 3.21. The standard InChI is InChI=1S/C27H40N4O5/c1-3-5-15-28-17-26(33)30-22-11-7-9-13-24(22)35-19-21(32)20-36-25-14-10-8-12-23(25)31-27(34)18-29-16-6-4-2/h7-14,21,28-29,32H,3-6,15-20H2,1-2H3,(H,30,33)(H,31,34). The van der Waals surface area contributed by atoms with Crippen molar-refractivity contribution < 1.29 is 24.2 Å². The minimum atomic E-state index is -0.927. The van der Waals surface area contributed by atoms with E-state index in [-0.39, 0.29) is 38.1 Å². The van der Waals surface area contributed by atoms with Gasteiger partial charge in [-0.3, -0.25) is 9.59 Å². The summed E-state index contributed by atoms with van der Waals surface area (Å²) in [4.78, 5) is 24.4. The van der Waals surface area contributed by atoms with E-state index in [1.165, 1.54) is 0 Å². The molecule has 36 heavy (non-hydrogen) atoms. The zero-order valence-electron chi connectivity index (χ0n) is 21.3. The fourth-order valence-corrected chi connectivity index (χ4v) is 3.21. The van der Waals surface area contributed by atoms with Crippen molar-refractivity contribution in [1.82, 2.24) is 10.6 Å². The zero-order chi connectivity index (χ0) is 26.0. The van der Waals surface area contributed by atoms with Gasteiger partial charge in [-0.2, -0.15) is 0 Å². The van der Waals surface area contributed by atoms with Crippen molar-refractivity contribution in [3.63, 3.8) is 0 Å². The van der Waals surface area contributed by atoms with Gasteiger partial charge in [-0.15, -0.1) is 0 Å². The Kier molecular flexibility index (Phi) is 14.0. The molecule has 198 valence electrons. The van der Waals surface area contributed by atoms with Gasteiger partial charge in [0.2, 0.25) is 11.8 Å². The average molecular weight is 501 g/mol. The largest absolute Gasteiger partial charge is 0.489 e. The van der Waals surface area contributed by atoms with Crippen LogP contribution < -0.4 is 30.7 Å². The minimum Gasteiger partial charge on any atom is -0.489 e. The molecule has 9 nitrogen and oxygen atoms in total. The summed E-state index contributed by atoms with van der Waals surface area (Å²) in [6.07, 6.45) is 3.23. The van der Waals surface area contributed by atoms with E-state index >= 15 is 0 Å². The first-order valence-electron chi connectivity index (χ1n) is 12.7. The quantitative estimate of drug-likeness (QED) is 0.199. The summed E-state index contributed by atoms with van der Waals surface area (Å²) >= 11 is 0. The molecule has 2 amide bonds. The highest BCUT2D eigenvalue weighted by Crippen LogP contribution is 2.25. The van der Waals surface area contributed by atoms with E-state index < -0.39 is 6.10 Å². The molecular formula is C27H40N4O5. The van der Waals surface area contributed by atoms with Crippen molar-refractivity contribution in [3.8, 4) is 11.5 Å². The molecule has 5 N–H and O–H groups in total. The van der Waals surface area contributed by atoms with Gasteiger partial charge in [0.05, 0.1) is 24.5 Å². The van der Waals surface area contributed by atoms with Crippen molar-refractivity contribution in [2.45, 2.75) is 45.6 Å². The Labute approximate surface area is 214 Å². The van der Waals surface area contributed by atoms with Gasteiger partial charge in [0.25, 0.3) is 0 Å². The van der Waals surface area contributed by atoms with Gasteiger partial charge in [0, 0.05) is 0 Å². The third-order valence-electron chi connectivity index (χ3n) is 5.17. The molecule has 2 aromatic carbocycles. The second-order valence-electron chi connectivity index (χ2n) is 8.43. The van der Waals surface area contributed by atoms with Crippen LogP contribution in [0.15, 0.2) is 48.5 Å². The Morgan fingerprint density at radius 1 is 0.750 bits per heavy atom. The SMILES string of the molecule is CCCCNCC(=O)Nc1ccccc1OCC(O)COc1ccccc1NC(=O)CNCCCC. The second kappa shape index (κ2) is 17.3. The van der Waals surface area contributed by atoms with Crippen molar-refractivity contribution in [1.29, 1.82) is 0 Å². The van der Waals surface area contributed by atoms with Crippen LogP contribution in [0.2, 0.25) is 0 Å². The lowest BCUT2D eigenvalue weighted by atomic mass is 10.2. The van der Waals surface area contributed by atoms with Crippen molar-refractivity contribution in [2.24, 2.45) is 0 Å². The molecule has 0 heterocycles. The monoisotopic (exact) mass is 500 g/mol. The first-order chi connectivity index (χ1) is 17.5. The van der Waals surface area contributed by atoms with Gasteiger partial charge in [-0.25, -0.2) is 0 Å². The number of hydrogen-bond acceptors (Lipinski definition) is 7. The van der Waals surface area contributed by atoms with Gasteiger partial charge >= 0.3 is 0 Å². The lowest BCUT2D eigenvalue weighted by molar-refractivity contribution is -0.116. The van der Waals surface area contributed by atoms with Crippen LogP contribution in [0.4, 0.5) is 11.4 Å². The number of benzene rings is 2. The van der Waals surface area contributed by atoms with Crippen molar-refractivity contribution in [3.05, 3.63) is 48.5 Å². The van der Waals surface area contributed by atoms with Gasteiger partial charge in [0.15, 0.2) is 0 Å². The van der Waals surface area contributed by atoms with Crippen molar-refractivity contribution >= 4 is 23.2 Å². The van der Waals surface area contributed by atoms with Crippen LogP contribution in [0, 0.1) is 0 Å². The molecule has 9 heteroatoms. The second-order valence-corrected chi connectivity index (χ2v) is 8.43. The molecule has 0 aliphatic carbocycles. The number of carbonyl (C=O) groups excluding carboxylic acids is 2. The predicted octanol–water partition coefficient (Wildman–Crippen LogP) is 3.16. The van der Waals surface area contributed by atoms with E-state index in [1.807, 2.05) is 0 Å². The number of rotatable bonds is 18. The number of carbonyl (C=O) groups is 2. The summed E-state index contributed by atoms with van der Waals surface area (Å²) < 4.78 is 11.5. The summed E-state index contributed by atoms with van der Waals surface area (Å²) in [5, 5.41) is 22.3. The molecule has 0 aromatic heterocycles. The van der Waals surface area contributed by atoms with Crippen LogP contribution in [-0.2, 0) is 9.59 Å². The molecule has 0 spiro atoms. The topological polar surface area (TPSA) is 121 Å². The maximum atomic E-state index is 12.2. The van der Waals surface area contributed by atoms with E-state index in [0.717, 1.165) is 38.8 Å². The van der Waals surface area contributed by atoms with Gasteiger partial charge < -0.3 is 35.8 Å². The summed E-state index contributed by atoms with van der Waals surface area (Å²) in [6.45, 7) is 6.15. The summed E-state index contributed by atoms with van der Waals surface area (Å²) in [6, 6.07) is 14.2. The molecule has 2 aromatic rings. The maximum Gasteiger partial charge on any atom is 0.238 e. The van der Waals surface area contributed by atoms with Gasteiger partial charge in [-0.05, 0) is 50.2 Å². The molecule has 0 saturated carbocycles. The molecule has 0 fully saturated rings. The molecule has 0 aliphatic rings. The lowest BCUT2D eigenvalue weighted by Gasteiger charge is -2.17. The first-order valence-corrected chi connectivity index (χ1v) is 12.7. The number of aliphatic hydroxyl groups excluding tert-OH is 1. The number of aliphatic hydroxyl groups is 1. The van der Waals surface area contributed by atoms with E-state index in [9.17, 15) is 14.7 Å². The summed E-state index contributed by atoms with van der Waals surface area (Å²) in [5.74, 6) is 0.596. The van der Waals surface area contributed by atoms with E-state index in [4.69, 9.17) is 9.47 Å². The molecule has 0 unspecified atom stereocenters. The third-order valence-corrected chi connectivity index (χ3v) is 5.17. The highest BCUT2D eigenvalue weighted by atomic mass is 16.5. The Balaban J connectivity index is 1.81. The van der Waals surface area contributed by atoms with Gasteiger partial charge in [0.1, 0.15) is 30.8 Å². The van der Waals surface area contributed by atoms with E-state index in [2.05, 4.69) is 35.1 Å². The zero-order valence-corrected chi connectivity index (χ0v) is 21.3. The fraction of sp³-hybridized carbons (Fsp3) is 0.481. The predicted molar refractivity (Wildman–Crippen MR) is 143 cm³/mol. The van der Waals surface area contributed by atoms with E-state index in [1.54, 1.807) is 48.5 Å². The first kappa shape index (κ1) is 29.1. The number of unbranched alkanes of at least 4 members (excludes halogenated alkanes) is 2. The van der Waals surface area contributed by atoms with Crippen LogP contribution >= 0.6 is 0 Å². The molecule has 0 aliphatic heterocycles. The molecular weight excluding hydrogens is 460 g/mol. The molecule has 2 rings (SSSR count).